The molecule has 2 aromatic carbocycles. The number of imidazole rings is 2. The number of amides is 2. The van der Waals surface area contributed by atoms with E-state index >= 15 is 0 Å². The highest BCUT2D eigenvalue weighted by Gasteiger charge is 2.32. The van der Waals surface area contributed by atoms with Crippen molar-refractivity contribution in [1.82, 2.24) is 24.0 Å². The summed E-state index contributed by atoms with van der Waals surface area (Å²) < 4.78 is 3.81. The third-order valence-electron chi connectivity index (χ3n) is 13.9. The van der Waals surface area contributed by atoms with Gasteiger partial charge in [0.05, 0.1) is 44.8 Å². The number of aliphatic hydroxyl groups is 1. The second-order valence-corrected chi connectivity index (χ2v) is 18.4. The molecule has 0 spiro atoms. The fourth-order valence-corrected chi connectivity index (χ4v) is 10.9. The highest BCUT2D eigenvalue weighted by molar-refractivity contribution is 6.40. The fourth-order valence-electron chi connectivity index (χ4n) is 10.3. The summed E-state index contributed by atoms with van der Waals surface area (Å²) in [5, 5.41) is 26.0. The number of hydrogen-bond acceptors (Lipinski definition) is 7. The van der Waals surface area contributed by atoms with Gasteiger partial charge in [0.2, 0.25) is 0 Å². The monoisotopic (exact) mass is 857 g/mol. The lowest BCUT2D eigenvalue weighted by Crippen LogP contribution is -2.42. The number of halogens is 2. The molecule has 2 aromatic heterocycles. The third-order valence-corrected chi connectivity index (χ3v) is 14.8. The van der Waals surface area contributed by atoms with Crippen LogP contribution in [0.5, 0.6) is 0 Å². The summed E-state index contributed by atoms with van der Waals surface area (Å²) in [6.45, 7) is 1.58. The summed E-state index contributed by atoms with van der Waals surface area (Å²) in [4.78, 5) is 51.0. The predicted molar refractivity (Wildman–Crippen MR) is 234 cm³/mol. The molecule has 12 nitrogen and oxygen atoms in total. The van der Waals surface area contributed by atoms with Crippen molar-refractivity contribution in [1.29, 1.82) is 0 Å². The molecule has 0 saturated heterocycles. The molecule has 1 atom stereocenters. The van der Waals surface area contributed by atoms with Crippen molar-refractivity contribution in [2.75, 3.05) is 17.2 Å². The van der Waals surface area contributed by atoms with Crippen molar-refractivity contribution in [3.63, 3.8) is 0 Å². The van der Waals surface area contributed by atoms with E-state index in [4.69, 9.17) is 33.2 Å². The Morgan fingerprint density at radius 2 is 1.25 bits per heavy atom. The van der Waals surface area contributed by atoms with E-state index in [0.29, 0.717) is 68.6 Å². The van der Waals surface area contributed by atoms with Gasteiger partial charge in [0, 0.05) is 62.2 Å². The van der Waals surface area contributed by atoms with E-state index in [9.17, 15) is 24.6 Å². The second-order valence-electron chi connectivity index (χ2n) is 17.6. The van der Waals surface area contributed by atoms with E-state index < -0.39 is 5.97 Å². The first kappa shape index (κ1) is 42.5. The molecule has 14 heteroatoms. The standard InChI is InChI=1S/C46H57Cl2N7O5/c1-53-38-23-16-27(12-13-28-14-17-29(18-15-28)46(59)60)6-3-9-34(38)49-42(53)44(57)51-35-10-4-7-32(40(35)47)33-8-5-11-36(41(33)48)52-45(58)43-50-37-26-55(25-24-39(37)54(43)2)30-19-21-31(56)22-20-30/h4-5,7-8,10-11,27-31,56H,3,6,9,12-26H2,1-2H3,(H,51,57)(H,52,58)(H,59,60)/t27?,28-,29-,30?,31?. The van der Waals surface area contributed by atoms with E-state index in [0.717, 1.165) is 132 Å². The van der Waals surface area contributed by atoms with Crippen molar-refractivity contribution in [2.45, 2.75) is 121 Å². The molecule has 4 aromatic rings. The SMILES string of the molecule is Cn1c(C(=O)Nc2cccc(-c3cccc(NC(=O)c4nc5c(n4C)CCN(C4CCC(O)CC4)C5)c3Cl)c2Cl)nc2c1CCC(CC[C@H]1CC[C@H](C(=O)O)CC1)CCC2. The van der Waals surface area contributed by atoms with Crippen molar-refractivity contribution in [3.05, 3.63) is 80.9 Å². The molecular formula is C46H57Cl2N7O5. The minimum Gasteiger partial charge on any atom is -0.481 e. The molecule has 1 aliphatic heterocycles. The van der Waals surface area contributed by atoms with Crippen LogP contribution in [0.15, 0.2) is 36.4 Å². The van der Waals surface area contributed by atoms with Gasteiger partial charge in [-0.15, -0.1) is 0 Å². The number of rotatable bonds is 10. The molecule has 60 heavy (non-hydrogen) atoms. The average Bonchev–Trinajstić information content (AvgIpc) is 3.73. The van der Waals surface area contributed by atoms with Gasteiger partial charge in [0.15, 0.2) is 11.6 Å². The van der Waals surface area contributed by atoms with E-state index in [-0.39, 0.29) is 23.8 Å². The number of carboxylic acids is 1. The molecule has 0 bridgehead atoms. The summed E-state index contributed by atoms with van der Waals surface area (Å²) in [5.41, 5.74) is 6.11. The Hall–Kier alpha value is -4.23. The van der Waals surface area contributed by atoms with Gasteiger partial charge in [-0.05, 0) is 101 Å². The summed E-state index contributed by atoms with van der Waals surface area (Å²) in [5.74, 6) is 0.373. The molecule has 1 unspecified atom stereocenters. The maximum Gasteiger partial charge on any atom is 0.306 e. The van der Waals surface area contributed by atoms with Crippen LogP contribution in [0.3, 0.4) is 0 Å². The molecule has 3 heterocycles. The normalized spacial score (nSPS) is 23.5. The number of nitrogens with zero attached hydrogens (tertiary/aromatic N) is 5. The summed E-state index contributed by atoms with van der Waals surface area (Å²) in [6.07, 6.45) is 15.0. The second kappa shape index (κ2) is 18.4. The van der Waals surface area contributed by atoms with Crippen LogP contribution < -0.4 is 10.6 Å². The predicted octanol–water partition coefficient (Wildman–Crippen LogP) is 8.85. The number of aromatic nitrogens is 4. The van der Waals surface area contributed by atoms with Gasteiger partial charge in [-0.3, -0.25) is 19.3 Å². The number of aliphatic carboxylic acids is 1. The molecule has 2 amide bonds. The van der Waals surface area contributed by atoms with Gasteiger partial charge < -0.3 is 30.0 Å². The maximum atomic E-state index is 13.8. The Balaban J connectivity index is 0.911. The van der Waals surface area contributed by atoms with Crippen molar-refractivity contribution in [2.24, 2.45) is 31.8 Å². The Bertz CT molecular complexity index is 2240. The number of nitrogens with one attached hydrogen (secondary N) is 2. The molecule has 2 saturated carbocycles. The van der Waals surface area contributed by atoms with E-state index in [1.165, 1.54) is 0 Å². The largest absolute Gasteiger partial charge is 0.481 e. The van der Waals surface area contributed by atoms with E-state index in [1.807, 2.05) is 41.4 Å². The summed E-state index contributed by atoms with van der Waals surface area (Å²) in [7, 11) is 3.79. The van der Waals surface area contributed by atoms with Crippen LogP contribution >= 0.6 is 23.2 Å². The lowest BCUT2D eigenvalue weighted by Gasteiger charge is -2.37. The molecule has 4 aliphatic rings. The van der Waals surface area contributed by atoms with E-state index in [1.54, 1.807) is 18.2 Å². The fraction of sp³-hybridized carbons (Fsp3) is 0.543. The van der Waals surface area contributed by atoms with Crippen LogP contribution in [0.2, 0.25) is 10.0 Å². The number of carboxylic acid groups (broad SMARTS) is 1. The number of aryl methyl sites for hydroxylation is 1. The van der Waals surface area contributed by atoms with Crippen LogP contribution in [0, 0.1) is 17.8 Å². The van der Waals surface area contributed by atoms with Crippen LogP contribution in [0.25, 0.3) is 11.1 Å². The Morgan fingerprint density at radius 1 is 0.700 bits per heavy atom. The first-order chi connectivity index (χ1) is 28.9. The number of carbonyl (C=O) groups excluding carboxylic acids is 2. The molecule has 3 aliphatic carbocycles. The summed E-state index contributed by atoms with van der Waals surface area (Å²) in [6, 6.07) is 11.2. The number of fused-ring (bicyclic) bond motifs is 2. The lowest BCUT2D eigenvalue weighted by molar-refractivity contribution is -0.143. The zero-order chi connectivity index (χ0) is 42.1. The van der Waals surface area contributed by atoms with E-state index in [2.05, 4.69) is 15.5 Å². The zero-order valence-electron chi connectivity index (χ0n) is 34.7. The van der Waals surface area contributed by atoms with Crippen molar-refractivity contribution < 1.29 is 24.6 Å². The number of carbonyl (C=O) groups is 3. The first-order valence-electron chi connectivity index (χ1n) is 21.9. The number of benzene rings is 2. The smallest absolute Gasteiger partial charge is 0.306 e. The van der Waals surface area contributed by atoms with Gasteiger partial charge in [-0.25, -0.2) is 9.97 Å². The Morgan fingerprint density at radius 3 is 1.83 bits per heavy atom. The van der Waals surface area contributed by atoms with Gasteiger partial charge in [-0.2, -0.15) is 0 Å². The highest BCUT2D eigenvalue weighted by atomic mass is 35.5. The van der Waals surface area contributed by atoms with Gasteiger partial charge in [-0.1, -0.05) is 66.7 Å². The molecule has 8 rings (SSSR count). The molecule has 320 valence electrons. The minimum atomic E-state index is -0.648. The molecule has 2 fully saturated rings. The van der Waals surface area contributed by atoms with Crippen molar-refractivity contribution in [3.8, 4) is 11.1 Å². The van der Waals surface area contributed by atoms with Crippen molar-refractivity contribution >= 4 is 52.4 Å². The number of aliphatic hydroxyl groups excluding tert-OH is 1. The first-order valence-corrected chi connectivity index (χ1v) is 22.6. The third kappa shape index (κ3) is 9.03. The highest BCUT2D eigenvalue weighted by Crippen LogP contribution is 2.41. The minimum absolute atomic E-state index is 0.171. The maximum absolute atomic E-state index is 13.8. The lowest BCUT2D eigenvalue weighted by atomic mass is 9.78. The zero-order valence-corrected chi connectivity index (χ0v) is 36.2. The Kier molecular flexibility index (Phi) is 13.0. The topological polar surface area (TPSA) is 155 Å². The van der Waals surface area contributed by atoms with Crippen LogP contribution in [0.1, 0.15) is 127 Å². The quantitative estimate of drug-likeness (QED) is 0.123. The number of anilines is 2. The average molecular weight is 859 g/mol. The number of hydrogen-bond donors (Lipinski definition) is 4. The van der Waals surface area contributed by atoms with Crippen LogP contribution in [-0.4, -0.2) is 70.7 Å². The van der Waals surface area contributed by atoms with Gasteiger partial charge in [0.1, 0.15) is 0 Å². The van der Waals surface area contributed by atoms with Crippen LogP contribution in [0.4, 0.5) is 11.4 Å². The molecule has 0 radical (unpaired) electrons. The Labute approximate surface area is 362 Å². The molecular weight excluding hydrogens is 801 g/mol. The van der Waals surface area contributed by atoms with Gasteiger partial charge >= 0.3 is 5.97 Å². The summed E-state index contributed by atoms with van der Waals surface area (Å²) >= 11 is 14.0. The van der Waals surface area contributed by atoms with Crippen LogP contribution in [-0.2, 0) is 44.7 Å². The molecule has 4 N–H and O–H groups in total. The van der Waals surface area contributed by atoms with Gasteiger partial charge in [0.25, 0.3) is 11.8 Å².